The molecule has 0 aliphatic rings. The van der Waals surface area contributed by atoms with Crippen LogP contribution in [0.2, 0.25) is 0 Å². The second-order valence-corrected chi connectivity index (χ2v) is 4.90. The molecule has 1 amide bonds. The van der Waals surface area contributed by atoms with Crippen molar-refractivity contribution in [2.45, 2.75) is 0 Å². The molecule has 0 saturated carbocycles. The summed E-state index contributed by atoms with van der Waals surface area (Å²) in [5, 5.41) is 11.0. The number of nitrogens with zero attached hydrogens (tertiary/aromatic N) is 1. The van der Waals surface area contributed by atoms with Crippen LogP contribution in [0.5, 0.6) is 0 Å². The van der Waals surface area contributed by atoms with Gasteiger partial charge in [-0.3, -0.25) is 5.32 Å². The number of rotatable bonds is 2. The Kier molecular flexibility index (Phi) is 2.74. The molecule has 0 aliphatic heterocycles. The molecule has 2 N–H and O–H groups in total. The second-order valence-electron chi connectivity index (χ2n) is 2.58. The number of thiazole rings is 1. The molecule has 15 heavy (non-hydrogen) atoms. The summed E-state index contributed by atoms with van der Waals surface area (Å²) in [6.07, 6.45) is 1.95. The highest BCUT2D eigenvalue weighted by Crippen LogP contribution is 2.35. The molecule has 0 spiro atoms. The number of amides is 1. The van der Waals surface area contributed by atoms with Crippen molar-refractivity contribution in [2.75, 3.05) is 5.32 Å². The van der Waals surface area contributed by atoms with Crippen LogP contribution < -0.4 is 5.32 Å². The third-order valence-corrected chi connectivity index (χ3v) is 3.21. The van der Waals surface area contributed by atoms with E-state index in [1.807, 2.05) is 0 Å². The van der Waals surface area contributed by atoms with Gasteiger partial charge in [-0.15, -0.1) is 0 Å². The molecule has 2 heterocycles. The summed E-state index contributed by atoms with van der Waals surface area (Å²) in [6.45, 7) is 0. The van der Waals surface area contributed by atoms with E-state index in [1.165, 1.54) is 17.6 Å². The van der Waals surface area contributed by atoms with E-state index in [2.05, 4.69) is 26.2 Å². The largest absolute Gasteiger partial charge is 0.472 e. The first-order valence-corrected chi connectivity index (χ1v) is 5.46. The van der Waals surface area contributed by atoms with Crippen molar-refractivity contribution in [3.05, 3.63) is 22.4 Å². The maximum absolute atomic E-state index is 10.4. The molecule has 2 aromatic rings. The molecule has 0 fully saturated rings. The zero-order valence-electron chi connectivity index (χ0n) is 7.23. The maximum atomic E-state index is 10.4. The summed E-state index contributed by atoms with van der Waals surface area (Å²) in [5.41, 5.74) is 1.47. The molecule has 5 nitrogen and oxygen atoms in total. The SMILES string of the molecule is O=C(O)Nc1nc(-c2ccoc2)c(Br)s1. The lowest BCUT2D eigenvalue weighted by molar-refractivity contribution is 0.209. The fraction of sp³-hybridized carbons (Fsp3) is 0. The van der Waals surface area contributed by atoms with Crippen LogP contribution in [0, 0.1) is 0 Å². The van der Waals surface area contributed by atoms with Crippen LogP contribution >= 0.6 is 27.3 Å². The number of furan rings is 1. The second kappa shape index (κ2) is 4.03. The summed E-state index contributed by atoms with van der Waals surface area (Å²) < 4.78 is 5.68. The van der Waals surface area contributed by atoms with Gasteiger partial charge in [0.2, 0.25) is 0 Å². The number of hydrogen-bond donors (Lipinski definition) is 2. The third-order valence-electron chi connectivity index (χ3n) is 1.59. The Hall–Kier alpha value is -1.34. The Bertz CT molecular complexity index is 480. The van der Waals surface area contributed by atoms with E-state index in [0.29, 0.717) is 10.8 Å². The average Bonchev–Trinajstić information content (AvgIpc) is 2.72. The van der Waals surface area contributed by atoms with Gasteiger partial charge in [-0.25, -0.2) is 9.78 Å². The molecule has 0 atom stereocenters. The predicted octanol–water partition coefficient (Wildman–Crippen LogP) is 3.26. The Morgan fingerprint density at radius 1 is 1.67 bits per heavy atom. The summed E-state index contributed by atoms with van der Waals surface area (Å²) >= 11 is 4.52. The smallest absolute Gasteiger partial charge is 0.410 e. The monoisotopic (exact) mass is 288 g/mol. The quantitative estimate of drug-likeness (QED) is 0.889. The fourth-order valence-electron chi connectivity index (χ4n) is 1.02. The van der Waals surface area contributed by atoms with E-state index in [9.17, 15) is 4.79 Å². The number of carbonyl (C=O) groups is 1. The first-order chi connectivity index (χ1) is 7.16. The lowest BCUT2D eigenvalue weighted by atomic mass is 10.3. The van der Waals surface area contributed by atoms with Gasteiger partial charge in [-0.2, -0.15) is 0 Å². The van der Waals surface area contributed by atoms with Crippen LogP contribution in [0.15, 0.2) is 26.8 Å². The normalized spacial score (nSPS) is 10.2. The molecule has 78 valence electrons. The van der Waals surface area contributed by atoms with Gasteiger partial charge in [-0.05, 0) is 22.0 Å². The highest BCUT2D eigenvalue weighted by molar-refractivity contribution is 9.11. The lowest BCUT2D eigenvalue weighted by Crippen LogP contribution is -2.06. The van der Waals surface area contributed by atoms with Crippen molar-refractivity contribution < 1.29 is 14.3 Å². The number of halogens is 1. The Labute approximate surface area is 96.9 Å². The number of carboxylic acid groups (broad SMARTS) is 1. The lowest BCUT2D eigenvalue weighted by Gasteiger charge is -1.91. The summed E-state index contributed by atoms with van der Waals surface area (Å²) in [6, 6.07) is 1.75. The van der Waals surface area contributed by atoms with Gasteiger partial charge in [0.05, 0.1) is 16.3 Å². The van der Waals surface area contributed by atoms with Crippen LogP contribution in [0.3, 0.4) is 0 Å². The van der Waals surface area contributed by atoms with E-state index in [4.69, 9.17) is 9.52 Å². The van der Waals surface area contributed by atoms with Crippen molar-refractivity contribution in [3.8, 4) is 11.3 Å². The van der Waals surface area contributed by atoms with E-state index < -0.39 is 6.09 Å². The Morgan fingerprint density at radius 3 is 3.07 bits per heavy atom. The summed E-state index contributed by atoms with van der Waals surface area (Å²) in [5.74, 6) is 0. The first-order valence-electron chi connectivity index (χ1n) is 3.85. The van der Waals surface area contributed by atoms with Crippen LogP contribution in [-0.4, -0.2) is 16.2 Å². The van der Waals surface area contributed by atoms with Gasteiger partial charge < -0.3 is 9.52 Å². The summed E-state index contributed by atoms with van der Waals surface area (Å²) in [4.78, 5) is 14.5. The van der Waals surface area contributed by atoms with Crippen LogP contribution in [0.4, 0.5) is 9.93 Å². The fourth-order valence-corrected chi connectivity index (χ4v) is 2.51. The van der Waals surface area contributed by atoms with Crippen molar-refractivity contribution in [1.82, 2.24) is 4.98 Å². The van der Waals surface area contributed by atoms with Gasteiger partial charge >= 0.3 is 6.09 Å². The zero-order chi connectivity index (χ0) is 10.8. The molecular weight excluding hydrogens is 284 g/mol. The topological polar surface area (TPSA) is 75.4 Å². The van der Waals surface area contributed by atoms with Crippen molar-refractivity contribution in [2.24, 2.45) is 0 Å². The molecular formula is C8H5BrN2O3S. The molecule has 0 saturated heterocycles. The van der Waals surface area contributed by atoms with Crippen LogP contribution in [0.1, 0.15) is 0 Å². The van der Waals surface area contributed by atoms with Gasteiger partial charge in [-0.1, -0.05) is 11.3 Å². The molecule has 7 heteroatoms. The molecule has 2 rings (SSSR count). The minimum absolute atomic E-state index is 0.325. The van der Waals surface area contributed by atoms with Crippen molar-refractivity contribution >= 4 is 38.5 Å². The minimum atomic E-state index is -1.13. The van der Waals surface area contributed by atoms with E-state index in [-0.39, 0.29) is 0 Å². The minimum Gasteiger partial charge on any atom is -0.472 e. The van der Waals surface area contributed by atoms with Gasteiger partial charge in [0.25, 0.3) is 0 Å². The van der Waals surface area contributed by atoms with Gasteiger partial charge in [0.1, 0.15) is 5.69 Å². The van der Waals surface area contributed by atoms with E-state index in [0.717, 1.165) is 9.35 Å². The Morgan fingerprint density at radius 2 is 2.47 bits per heavy atom. The zero-order valence-corrected chi connectivity index (χ0v) is 9.63. The predicted molar refractivity (Wildman–Crippen MR) is 59.2 cm³/mol. The molecule has 2 aromatic heterocycles. The number of anilines is 1. The number of hydrogen-bond acceptors (Lipinski definition) is 4. The maximum Gasteiger partial charge on any atom is 0.410 e. The van der Waals surface area contributed by atoms with Crippen molar-refractivity contribution in [1.29, 1.82) is 0 Å². The van der Waals surface area contributed by atoms with E-state index >= 15 is 0 Å². The van der Waals surface area contributed by atoms with Gasteiger partial charge in [0.15, 0.2) is 5.13 Å². The van der Waals surface area contributed by atoms with Gasteiger partial charge in [0, 0.05) is 5.56 Å². The highest BCUT2D eigenvalue weighted by Gasteiger charge is 2.13. The average molecular weight is 289 g/mol. The van der Waals surface area contributed by atoms with Crippen LogP contribution in [-0.2, 0) is 0 Å². The van der Waals surface area contributed by atoms with Crippen LogP contribution in [0.25, 0.3) is 11.3 Å². The van der Waals surface area contributed by atoms with Crippen molar-refractivity contribution in [3.63, 3.8) is 0 Å². The highest BCUT2D eigenvalue weighted by atomic mass is 79.9. The summed E-state index contributed by atoms with van der Waals surface area (Å²) in [7, 11) is 0. The molecule has 0 radical (unpaired) electrons. The molecule has 0 aliphatic carbocycles. The third kappa shape index (κ3) is 2.18. The Balaban J connectivity index is 2.34. The number of aromatic nitrogens is 1. The van der Waals surface area contributed by atoms with E-state index in [1.54, 1.807) is 12.3 Å². The first kappa shape index (κ1) is 10.2. The molecule has 0 aromatic carbocycles. The standard InChI is InChI=1S/C8H5BrN2O3S/c9-6-5(4-1-2-14-3-4)10-7(15-6)11-8(12)13/h1-3H,(H,10,11)(H,12,13). The molecule has 0 unspecified atom stereocenters. The number of nitrogens with one attached hydrogen (secondary N) is 1. The molecule has 0 bridgehead atoms.